The number of benzene rings is 2. The Morgan fingerprint density at radius 3 is 1.50 bits per heavy atom. The Bertz CT molecular complexity index is 2010. The van der Waals surface area contributed by atoms with Gasteiger partial charge in [-0.3, -0.25) is 13.7 Å². The van der Waals surface area contributed by atoms with E-state index in [4.69, 9.17) is 27.8 Å². The van der Waals surface area contributed by atoms with E-state index in [2.05, 4.69) is 45.9 Å². The summed E-state index contributed by atoms with van der Waals surface area (Å²) in [5.41, 5.74) is -0.731. The molecule has 2 aromatic heterocycles. The van der Waals surface area contributed by atoms with Crippen LogP contribution < -0.4 is 16.0 Å². The van der Waals surface area contributed by atoms with E-state index in [-0.39, 0.29) is 33.6 Å². The first kappa shape index (κ1) is 31.1. The lowest BCUT2D eigenvalue weighted by Gasteiger charge is -2.15. The van der Waals surface area contributed by atoms with Crippen molar-refractivity contribution in [2.75, 3.05) is 16.0 Å². The molecule has 0 spiro atoms. The second-order valence-electron chi connectivity index (χ2n) is 7.90. The van der Waals surface area contributed by atoms with Gasteiger partial charge in [-0.1, -0.05) is 0 Å². The third-order valence-corrected chi connectivity index (χ3v) is 7.86. The molecule has 42 heavy (non-hydrogen) atoms. The van der Waals surface area contributed by atoms with E-state index >= 15 is 0 Å². The molecule has 2 heterocycles. The van der Waals surface area contributed by atoms with Crippen LogP contribution in [0.2, 0.25) is 10.6 Å². The molecule has 0 aliphatic heterocycles. The summed E-state index contributed by atoms with van der Waals surface area (Å²) in [7, 11) is -14.7. The number of hydrogen-bond donors (Lipinski definition) is 6. The van der Waals surface area contributed by atoms with Gasteiger partial charge >= 0.3 is 0 Å². The van der Waals surface area contributed by atoms with E-state index in [1.54, 1.807) is 0 Å². The molecule has 0 unspecified atom stereocenters. The first-order valence-corrected chi connectivity index (χ1v) is 15.8. The largest absolute Gasteiger partial charge is 0.324 e. The van der Waals surface area contributed by atoms with Crippen LogP contribution in [-0.2, 0) is 30.4 Å². The zero-order valence-electron chi connectivity index (χ0n) is 20.4. The number of rotatable bonds is 9. The Morgan fingerprint density at radius 1 is 0.595 bits per heavy atom. The molecule has 4 rings (SSSR count). The molecule has 2 aromatic carbocycles. The summed E-state index contributed by atoms with van der Waals surface area (Å²) < 4.78 is 99.7. The van der Waals surface area contributed by atoms with Crippen LogP contribution in [0.3, 0.4) is 0 Å². The average Bonchev–Trinajstić information content (AvgIpc) is 2.81. The molecule has 0 bridgehead atoms. The number of hydrogen-bond acceptors (Lipinski definition) is 15. The molecule has 0 aliphatic carbocycles. The van der Waals surface area contributed by atoms with Crippen LogP contribution in [0.25, 0.3) is 0 Å². The fraction of sp³-hybridized carbons (Fsp3) is 0.0526. The molecule has 0 radical (unpaired) electrons. The van der Waals surface area contributed by atoms with Crippen molar-refractivity contribution >= 4 is 88.5 Å². The van der Waals surface area contributed by atoms with Gasteiger partial charge in [-0.25, -0.2) is 4.98 Å². The van der Waals surface area contributed by atoms with Crippen molar-refractivity contribution < 1.29 is 38.9 Å². The smallest absolute Gasteiger partial charge is 0.296 e. The van der Waals surface area contributed by atoms with Crippen molar-refractivity contribution in [2.24, 2.45) is 0 Å². The maximum Gasteiger partial charge on any atom is 0.296 e. The quantitative estimate of drug-likeness (QED) is 0.139. The van der Waals surface area contributed by atoms with Gasteiger partial charge in [0.2, 0.25) is 28.4 Å². The minimum absolute atomic E-state index is 0.131. The summed E-state index contributed by atoms with van der Waals surface area (Å²) in [4.78, 5) is 20.8. The fourth-order valence-electron chi connectivity index (χ4n) is 3.23. The summed E-state index contributed by atoms with van der Waals surface area (Å²) in [6.07, 6.45) is 0. The fourth-order valence-corrected chi connectivity index (χ4v) is 5.46. The Kier molecular flexibility index (Phi) is 8.48. The Morgan fingerprint density at radius 2 is 1.05 bits per heavy atom. The number of halogens is 2. The molecule has 0 atom stereocenters. The number of aryl methyl sites for hydroxylation is 1. The molecular formula is C19H15Cl2N9O9S3. The predicted molar refractivity (Wildman–Crippen MR) is 147 cm³/mol. The van der Waals surface area contributed by atoms with Crippen molar-refractivity contribution in [3.63, 3.8) is 0 Å². The lowest BCUT2D eigenvalue weighted by atomic mass is 10.2. The van der Waals surface area contributed by atoms with E-state index in [0.29, 0.717) is 6.07 Å². The molecule has 18 nitrogen and oxygen atoms in total. The standard InChI is InChI=1S/C19H15Cl2N9O9S3/c1-8-22-15(20)27-17(23-8)25-11-6-12(14(42(37,38)39)7-13(11)41(34,35)36)26-19-29-16(21)28-18(30-19)24-9-2-4-10(5-3-9)40(31,32)33/h2-7H,1H3,(H,31,32,33)(H,34,35,36)(H,37,38,39)(H,22,23,25,27)(H2,24,26,28,29,30). The minimum Gasteiger partial charge on any atom is -0.324 e. The van der Waals surface area contributed by atoms with Gasteiger partial charge in [-0.2, -0.15) is 50.2 Å². The molecule has 222 valence electrons. The lowest BCUT2D eigenvalue weighted by molar-refractivity contribution is 0.479. The third kappa shape index (κ3) is 7.71. The molecule has 0 saturated carbocycles. The SMILES string of the molecule is Cc1nc(Cl)nc(Nc2cc(Nc3nc(Cl)nc(Nc4ccc(S(=O)(=O)O)cc4)n3)c(S(=O)(=O)O)cc2S(=O)(=O)O)n1. The summed E-state index contributed by atoms with van der Waals surface area (Å²) in [6, 6.07) is 6.02. The highest BCUT2D eigenvalue weighted by Gasteiger charge is 2.26. The molecule has 4 aromatic rings. The summed E-state index contributed by atoms with van der Waals surface area (Å²) >= 11 is 11.8. The molecule has 6 N–H and O–H groups in total. The zero-order chi connectivity index (χ0) is 31.0. The maximum absolute atomic E-state index is 12.2. The first-order valence-electron chi connectivity index (χ1n) is 10.7. The molecular weight excluding hydrogens is 665 g/mol. The van der Waals surface area contributed by atoms with Crippen LogP contribution in [0.5, 0.6) is 0 Å². The van der Waals surface area contributed by atoms with Crippen molar-refractivity contribution in [1.82, 2.24) is 29.9 Å². The van der Waals surface area contributed by atoms with E-state index in [9.17, 15) is 34.4 Å². The van der Waals surface area contributed by atoms with Crippen LogP contribution in [0.4, 0.5) is 34.9 Å². The molecule has 23 heteroatoms. The van der Waals surface area contributed by atoms with Gasteiger partial charge in [0.1, 0.15) is 15.6 Å². The van der Waals surface area contributed by atoms with Crippen LogP contribution in [-0.4, -0.2) is 68.8 Å². The molecule has 0 fully saturated rings. The zero-order valence-corrected chi connectivity index (χ0v) is 24.4. The van der Waals surface area contributed by atoms with Gasteiger partial charge in [0.15, 0.2) is 0 Å². The monoisotopic (exact) mass is 679 g/mol. The normalized spacial score (nSPS) is 12.1. The van der Waals surface area contributed by atoms with Crippen LogP contribution >= 0.6 is 23.2 Å². The second kappa shape index (κ2) is 11.4. The van der Waals surface area contributed by atoms with Crippen molar-refractivity contribution in [1.29, 1.82) is 0 Å². The summed E-state index contributed by atoms with van der Waals surface area (Å²) in [5.74, 6) is -0.792. The second-order valence-corrected chi connectivity index (χ2v) is 12.8. The van der Waals surface area contributed by atoms with Crippen LogP contribution in [0.15, 0.2) is 51.1 Å². The third-order valence-electron chi connectivity index (χ3n) is 4.87. The lowest BCUT2D eigenvalue weighted by Crippen LogP contribution is -2.12. The maximum atomic E-state index is 12.2. The summed E-state index contributed by atoms with van der Waals surface area (Å²) in [5, 5.41) is 6.96. The van der Waals surface area contributed by atoms with Crippen LogP contribution in [0, 0.1) is 6.92 Å². The first-order chi connectivity index (χ1) is 19.4. The number of nitrogens with zero attached hydrogens (tertiary/aromatic N) is 6. The van der Waals surface area contributed by atoms with E-state index in [1.807, 2.05) is 0 Å². The topological polar surface area (TPSA) is 277 Å². The van der Waals surface area contributed by atoms with Crippen molar-refractivity contribution in [2.45, 2.75) is 21.6 Å². The van der Waals surface area contributed by atoms with Gasteiger partial charge in [0.05, 0.1) is 16.3 Å². The highest BCUT2D eigenvalue weighted by molar-refractivity contribution is 7.87. The van der Waals surface area contributed by atoms with Crippen LogP contribution in [0.1, 0.15) is 5.82 Å². The predicted octanol–water partition coefficient (Wildman–Crippen LogP) is 2.64. The number of anilines is 6. The van der Waals surface area contributed by atoms with E-state index < -0.39 is 62.8 Å². The Labute approximate surface area is 246 Å². The average molecular weight is 680 g/mol. The van der Waals surface area contributed by atoms with Gasteiger partial charge < -0.3 is 16.0 Å². The number of aromatic nitrogens is 6. The van der Waals surface area contributed by atoms with Gasteiger partial charge in [-0.15, -0.1) is 0 Å². The van der Waals surface area contributed by atoms with Gasteiger partial charge in [-0.05, 0) is 66.5 Å². The molecule has 0 saturated heterocycles. The highest BCUT2D eigenvalue weighted by Crippen LogP contribution is 2.34. The Balaban J connectivity index is 1.77. The highest BCUT2D eigenvalue weighted by atomic mass is 35.5. The number of nitrogens with one attached hydrogen (secondary N) is 3. The molecule has 0 aliphatic rings. The minimum atomic E-state index is -5.14. The van der Waals surface area contributed by atoms with Gasteiger partial charge in [0.25, 0.3) is 30.4 Å². The molecule has 0 amide bonds. The van der Waals surface area contributed by atoms with E-state index in [0.717, 1.165) is 18.2 Å². The summed E-state index contributed by atoms with van der Waals surface area (Å²) in [6.45, 7) is 1.45. The van der Waals surface area contributed by atoms with Crippen molar-refractivity contribution in [3.05, 3.63) is 52.8 Å². The van der Waals surface area contributed by atoms with Gasteiger partial charge in [0, 0.05) is 5.69 Å². The van der Waals surface area contributed by atoms with E-state index in [1.165, 1.54) is 19.1 Å². The van der Waals surface area contributed by atoms with Crippen molar-refractivity contribution in [3.8, 4) is 0 Å². The Hall–Kier alpha value is -3.83.